The SMILES string of the molecule is C.CNCC/C=C1/c2ccccc2CC(O)c2ccccc21. The molecule has 2 nitrogen and oxygen atoms in total. The quantitative estimate of drug-likeness (QED) is 0.840. The van der Waals surface area contributed by atoms with Crippen LogP contribution in [0.4, 0.5) is 0 Å². The molecule has 3 rings (SSSR count). The summed E-state index contributed by atoms with van der Waals surface area (Å²) in [4.78, 5) is 0. The lowest BCUT2D eigenvalue weighted by atomic mass is 9.93. The van der Waals surface area contributed by atoms with E-state index in [9.17, 15) is 5.11 Å². The monoisotopic (exact) mass is 295 g/mol. The van der Waals surface area contributed by atoms with Gasteiger partial charge in [0.15, 0.2) is 0 Å². The molecule has 0 spiro atoms. The third kappa shape index (κ3) is 3.13. The topological polar surface area (TPSA) is 32.3 Å². The molecule has 22 heavy (non-hydrogen) atoms. The first-order chi connectivity index (χ1) is 10.3. The number of nitrogens with one attached hydrogen (secondary N) is 1. The van der Waals surface area contributed by atoms with Crippen molar-refractivity contribution in [3.63, 3.8) is 0 Å². The Morgan fingerprint density at radius 3 is 2.55 bits per heavy atom. The zero-order valence-electron chi connectivity index (χ0n) is 12.3. The Kier molecular flexibility index (Phi) is 5.53. The van der Waals surface area contributed by atoms with Gasteiger partial charge in [-0.1, -0.05) is 62.0 Å². The highest BCUT2D eigenvalue weighted by molar-refractivity contribution is 5.84. The van der Waals surface area contributed by atoms with Crippen LogP contribution in [0.2, 0.25) is 0 Å². The fourth-order valence-electron chi connectivity index (χ4n) is 3.04. The fraction of sp³-hybridized carbons (Fsp3) is 0.300. The number of rotatable bonds is 3. The molecule has 0 radical (unpaired) electrons. The minimum Gasteiger partial charge on any atom is -0.388 e. The summed E-state index contributed by atoms with van der Waals surface area (Å²) in [7, 11) is 1.97. The summed E-state index contributed by atoms with van der Waals surface area (Å²) in [6, 6.07) is 16.6. The molecule has 0 fully saturated rings. The van der Waals surface area contributed by atoms with Crippen molar-refractivity contribution >= 4 is 5.57 Å². The van der Waals surface area contributed by atoms with E-state index in [-0.39, 0.29) is 7.43 Å². The predicted molar refractivity (Wildman–Crippen MR) is 93.9 cm³/mol. The largest absolute Gasteiger partial charge is 0.388 e. The average Bonchev–Trinajstić information content (AvgIpc) is 2.63. The lowest BCUT2D eigenvalue weighted by molar-refractivity contribution is 0.179. The maximum Gasteiger partial charge on any atom is 0.0836 e. The van der Waals surface area contributed by atoms with Gasteiger partial charge in [-0.3, -0.25) is 0 Å². The maximum absolute atomic E-state index is 10.5. The lowest BCUT2D eigenvalue weighted by Gasteiger charge is -2.13. The molecule has 2 aromatic carbocycles. The Morgan fingerprint density at radius 1 is 1.09 bits per heavy atom. The number of aliphatic hydroxyl groups is 1. The number of benzene rings is 2. The smallest absolute Gasteiger partial charge is 0.0836 e. The first-order valence-corrected chi connectivity index (χ1v) is 7.51. The van der Waals surface area contributed by atoms with Crippen molar-refractivity contribution in [3.05, 3.63) is 76.9 Å². The van der Waals surface area contributed by atoms with Crippen LogP contribution in [-0.4, -0.2) is 18.7 Å². The molecule has 0 saturated carbocycles. The van der Waals surface area contributed by atoms with Crippen molar-refractivity contribution in [2.24, 2.45) is 0 Å². The van der Waals surface area contributed by atoms with Crippen LogP contribution in [0.3, 0.4) is 0 Å². The number of aliphatic hydroxyl groups excluding tert-OH is 1. The number of hydrogen-bond donors (Lipinski definition) is 2. The van der Waals surface area contributed by atoms with Gasteiger partial charge in [-0.15, -0.1) is 0 Å². The van der Waals surface area contributed by atoms with Gasteiger partial charge >= 0.3 is 0 Å². The normalized spacial score (nSPS) is 18.1. The number of fused-ring (bicyclic) bond motifs is 2. The highest BCUT2D eigenvalue weighted by Crippen LogP contribution is 2.37. The Hall–Kier alpha value is -1.90. The van der Waals surface area contributed by atoms with E-state index in [4.69, 9.17) is 0 Å². The second kappa shape index (κ2) is 7.39. The molecular weight excluding hydrogens is 270 g/mol. The van der Waals surface area contributed by atoms with Crippen molar-refractivity contribution in [1.82, 2.24) is 5.32 Å². The van der Waals surface area contributed by atoms with Gasteiger partial charge in [-0.2, -0.15) is 0 Å². The van der Waals surface area contributed by atoms with E-state index in [0.717, 1.165) is 24.1 Å². The summed E-state index contributed by atoms with van der Waals surface area (Å²) in [6.45, 7) is 0.955. The molecule has 0 aromatic heterocycles. The minimum atomic E-state index is -0.433. The van der Waals surface area contributed by atoms with Crippen LogP contribution < -0.4 is 5.32 Å². The van der Waals surface area contributed by atoms with Gasteiger partial charge in [0.2, 0.25) is 0 Å². The molecule has 1 aliphatic rings. The highest BCUT2D eigenvalue weighted by atomic mass is 16.3. The van der Waals surface area contributed by atoms with Crippen LogP contribution in [0, 0.1) is 0 Å². The van der Waals surface area contributed by atoms with Crippen LogP contribution in [0.25, 0.3) is 5.57 Å². The van der Waals surface area contributed by atoms with Crippen LogP contribution in [0.15, 0.2) is 54.6 Å². The second-order valence-electron chi connectivity index (χ2n) is 5.47. The molecule has 0 heterocycles. The molecule has 116 valence electrons. The van der Waals surface area contributed by atoms with Crippen molar-refractivity contribution in [2.45, 2.75) is 26.4 Å². The third-order valence-corrected chi connectivity index (χ3v) is 4.07. The summed E-state index contributed by atoms with van der Waals surface area (Å²) in [5.74, 6) is 0. The zero-order valence-corrected chi connectivity index (χ0v) is 12.3. The van der Waals surface area contributed by atoms with E-state index >= 15 is 0 Å². The third-order valence-electron chi connectivity index (χ3n) is 4.07. The molecule has 1 unspecified atom stereocenters. The minimum absolute atomic E-state index is 0. The van der Waals surface area contributed by atoms with E-state index < -0.39 is 6.10 Å². The first kappa shape index (κ1) is 16.5. The van der Waals surface area contributed by atoms with E-state index in [1.165, 1.54) is 16.7 Å². The highest BCUT2D eigenvalue weighted by Gasteiger charge is 2.22. The van der Waals surface area contributed by atoms with E-state index in [1.54, 1.807) is 0 Å². The van der Waals surface area contributed by atoms with E-state index in [0.29, 0.717) is 6.42 Å². The van der Waals surface area contributed by atoms with Crippen molar-refractivity contribution in [2.75, 3.05) is 13.6 Å². The van der Waals surface area contributed by atoms with Crippen molar-refractivity contribution < 1.29 is 5.11 Å². The summed E-state index contributed by atoms with van der Waals surface area (Å²) in [6.07, 6.45) is 3.51. The lowest BCUT2D eigenvalue weighted by Crippen LogP contribution is -2.06. The summed E-state index contributed by atoms with van der Waals surface area (Å²) in [5, 5.41) is 13.7. The van der Waals surface area contributed by atoms with Crippen LogP contribution in [-0.2, 0) is 6.42 Å². The average molecular weight is 295 g/mol. The molecule has 0 amide bonds. The predicted octanol–water partition coefficient (Wildman–Crippen LogP) is 3.95. The Balaban J connectivity index is 0.00000176. The van der Waals surface area contributed by atoms with Crippen LogP contribution in [0.5, 0.6) is 0 Å². The first-order valence-electron chi connectivity index (χ1n) is 7.51. The van der Waals surface area contributed by atoms with Gasteiger partial charge in [-0.05, 0) is 47.8 Å². The molecule has 0 bridgehead atoms. The fourth-order valence-corrected chi connectivity index (χ4v) is 3.04. The van der Waals surface area contributed by atoms with Crippen molar-refractivity contribution in [1.29, 1.82) is 0 Å². The number of hydrogen-bond acceptors (Lipinski definition) is 2. The molecule has 2 aromatic rings. The van der Waals surface area contributed by atoms with Gasteiger partial charge in [-0.25, -0.2) is 0 Å². The van der Waals surface area contributed by atoms with Gasteiger partial charge in [0.05, 0.1) is 6.10 Å². The molecule has 2 heteroatoms. The molecule has 1 atom stereocenters. The van der Waals surface area contributed by atoms with Gasteiger partial charge in [0, 0.05) is 6.42 Å². The summed E-state index contributed by atoms with van der Waals surface area (Å²) in [5.41, 5.74) is 5.90. The van der Waals surface area contributed by atoms with E-state index in [1.807, 2.05) is 31.3 Å². The van der Waals surface area contributed by atoms with Gasteiger partial charge in [0.1, 0.15) is 0 Å². The van der Waals surface area contributed by atoms with Gasteiger partial charge < -0.3 is 10.4 Å². The molecule has 2 N–H and O–H groups in total. The zero-order chi connectivity index (χ0) is 14.7. The molecular formula is C20H25NO. The summed E-state index contributed by atoms with van der Waals surface area (Å²) < 4.78 is 0. The Morgan fingerprint density at radius 2 is 1.77 bits per heavy atom. The maximum atomic E-state index is 10.5. The molecule has 0 saturated heterocycles. The van der Waals surface area contributed by atoms with Crippen molar-refractivity contribution in [3.8, 4) is 0 Å². The Bertz CT molecular complexity index is 660. The second-order valence-corrected chi connectivity index (χ2v) is 5.47. The Labute approximate surface area is 133 Å². The molecule has 0 aliphatic heterocycles. The standard InChI is InChI=1S/C19H21NO.CH4/c1-20-12-6-11-16-15-8-3-2-7-14(15)13-19(21)18-10-5-4-9-17(16)18;/h2-5,7-11,19-21H,6,12-13H2,1H3;1H4/b16-11-;. The van der Waals surface area contributed by atoms with Crippen LogP contribution >= 0.6 is 0 Å². The van der Waals surface area contributed by atoms with E-state index in [2.05, 4.69) is 35.7 Å². The summed E-state index contributed by atoms with van der Waals surface area (Å²) >= 11 is 0. The molecule has 1 aliphatic carbocycles. The van der Waals surface area contributed by atoms with Gasteiger partial charge in [0.25, 0.3) is 0 Å². The van der Waals surface area contributed by atoms with Crippen LogP contribution in [0.1, 0.15) is 42.2 Å².